The summed E-state index contributed by atoms with van der Waals surface area (Å²) in [4.78, 5) is 37.2. The smallest absolute Gasteiger partial charge is 0.338 e. The minimum atomic E-state index is -0.715. The van der Waals surface area contributed by atoms with Gasteiger partial charge in [-0.1, -0.05) is 11.6 Å². The van der Waals surface area contributed by atoms with Crippen LogP contribution in [0.1, 0.15) is 32.5 Å². The number of thiophene rings is 1. The number of nitrogens with zero attached hydrogens (tertiary/aromatic N) is 2. The van der Waals surface area contributed by atoms with Crippen LogP contribution in [0.4, 0.5) is 5.69 Å². The minimum Gasteiger partial charge on any atom is -0.462 e. The average molecular weight is 383 g/mol. The van der Waals surface area contributed by atoms with Crippen molar-refractivity contribution in [3.05, 3.63) is 60.8 Å². The highest BCUT2D eigenvalue weighted by Gasteiger charge is 2.21. The minimum absolute atomic E-state index is 0.0352. The number of esters is 1. The summed E-state index contributed by atoms with van der Waals surface area (Å²) in [5.74, 6) is -1.16. The predicted octanol–water partition coefficient (Wildman–Crippen LogP) is 3.76. The zero-order valence-electron chi connectivity index (χ0n) is 13.5. The number of ether oxygens (including phenoxy) is 1. The van der Waals surface area contributed by atoms with Gasteiger partial charge in [0.25, 0.3) is 11.6 Å². The van der Waals surface area contributed by atoms with Crippen molar-refractivity contribution in [1.82, 2.24) is 4.90 Å². The fraction of sp³-hybridized carbons (Fsp3) is 0.250. The van der Waals surface area contributed by atoms with E-state index >= 15 is 0 Å². The number of rotatable bonds is 6. The number of nitro groups is 1. The SMILES string of the molecule is CCOC(=O)c1cc(C(=O)N(C)Cc2ccc(Cl)s2)cc([N+](=O)[O-])c1. The standard InChI is InChI=1S/C16H15ClN2O5S/c1-3-24-16(21)11-6-10(7-12(8-11)19(22)23)15(20)18(2)9-13-4-5-14(17)25-13/h4-8H,3,9H2,1-2H3. The Morgan fingerprint density at radius 2 is 1.96 bits per heavy atom. The highest BCUT2D eigenvalue weighted by Crippen LogP contribution is 2.24. The third-order valence-electron chi connectivity index (χ3n) is 3.26. The van der Waals surface area contributed by atoms with Gasteiger partial charge in [0.05, 0.1) is 28.0 Å². The molecule has 0 radical (unpaired) electrons. The molecule has 9 heteroatoms. The number of carbonyl (C=O) groups excluding carboxylic acids is 2. The summed E-state index contributed by atoms with van der Waals surface area (Å²) in [5.41, 5.74) is -0.337. The quantitative estimate of drug-likeness (QED) is 0.431. The number of benzene rings is 1. The van der Waals surface area contributed by atoms with Gasteiger partial charge in [0, 0.05) is 29.6 Å². The number of amides is 1. The fourth-order valence-electron chi connectivity index (χ4n) is 2.14. The monoisotopic (exact) mass is 382 g/mol. The summed E-state index contributed by atoms with van der Waals surface area (Å²) in [5, 5.41) is 11.1. The van der Waals surface area contributed by atoms with Gasteiger partial charge >= 0.3 is 5.97 Å². The van der Waals surface area contributed by atoms with Crippen LogP contribution < -0.4 is 0 Å². The van der Waals surface area contributed by atoms with Crippen LogP contribution in [-0.4, -0.2) is 35.4 Å². The number of nitro benzene ring substituents is 1. The summed E-state index contributed by atoms with van der Waals surface area (Å²) in [6, 6.07) is 7.06. The van der Waals surface area contributed by atoms with E-state index in [0.717, 1.165) is 17.0 Å². The maximum atomic E-state index is 12.6. The lowest BCUT2D eigenvalue weighted by Gasteiger charge is -2.16. The van der Waals surface area contributed by atoms with Gasteiger partial charge in [-0.25, -0.2) is 4.79 Å². The molecule has 0 aliphatic rings. The lowest BCUT2D eigenvalue weighted by molar-refractivity contribution is -0.384. The predicted molar refractivity (Wildman–Crippen MR) is 94.2 cm³/mol. The number of carbonyl (C=O) groups is 2. The van der Waals surface area contributed by atoms with Gasteiger partial charge in [0.1, 0.15) is 0 Å². The Morgan fingerprint density at radius 1 is 1.28 bits per heavy atom. The van der Waals surface area contributed by atoms with Gasteiger partial charge < -0.3 is 9.64 Å². The second-order valence-electron chi connectivity index (χ2n) is 5.11. The average Bonchev–Trinajstić information content (AvgIpc) is 2.98. The molecule has 132 valence electrons. The fourth-order valence-corrected chi connectivity index (χ4v) is 3.28. The first-order valence-electron chi connectivity index (χ1n) is 7.28. The van der Waals surface area contributed by atoms with Crippen LogP contribution in [-0.2, 0) is 11.3 Å². The Bertz CT molecular complexity index is 821. The number of halogens is 1. The van der Waals surface area contributed by atoms with Crippen molar-refractivity contribution in [2.45, 2.75) is 13.5 Å². The number of hydrogen-bond acceptors (Lipinski definition) is 6. The summed E-state index contributed by atoms with van der Waals surface area (Å²) < 4.78 is 5.46. The molecule has 1 aromatic heterocycles. The van der Waals surface area contributed by atoms with Crippen LogP contribution in [0.15, 0.2) is 30.3 Å². The Balaban J connectivity index is 2.30. The normalized spacial score (nSPS) is 10.4. The molecular weight excluding hydrogens is 368 g/mol. The van der Waals surface area contributed by atoms with Crippen LogP contribution in [0.3, 0.4) is 0 Å². The number of hydrogen-bond donors (Lipinski definition) is 0. The van der Waals surface area contributed by atoms with E-state index in [4.69, 9.17) is 16.3 Å². The maximum absolute atomic E-state index is 12.6. The van der Waals surface area contributed by atoms with Gasteiger partial charge in [0.15, 0.2) is 0 Å². The molecule has 1 amide bonds. The highest BCUT2D eigenvalue weighted by atomic mass is 35.5. The molecule has 0 saturated heterocycles. The second kappa shape index (κ2) is 8.09. The van der Waals surface area contributed by atoms with E-state index in [2.05, 4.69) is 0 Å². The molecule has 7 nitrogen and oxygen atoms in total. The summed E-state index contributed by atoms with van der Waals surface area (Å²) in [6.07, 6.45) is 0. The molecular formula is C16H15ClN2O5S. The van der Waals surface area contributed by atoms with Crippen molar-refractivity contribution < 1.29 is 19.2 Å². The van der Waals surface area contributed by atoms with Crippen LogP contribution in [0.25, 0.3) is 0 Å². The third kappa shape index (κ3) is 4.77. The lowest BCUT2D eigenvalue weighted by atomic mass is 10.1. The molecule has 2 aromatic rings. The molecule has 0 aliphatic heterocycles. The molecule has 0 unspecified atom stereocenters. The van der Waals surface area contributed by atoms with Gasteiger partial charge in [-0.2, -0.15) is 0 Å². The first kappa shape index (κ1) is 18.9. The molecule has 1 aromatic carbocycles. The van der Waals surface area contributed by atoms with Crippen molar-refractivity contribution >= 4 is 40.5 Å². The molecule has 1 heterocycles. The maximum Gasteiger partial charge on any atom is 0.338 e. The molecule has 25 heavy (non-hydrogen) atoms. The van der Waals surface area contributed by atoms with Gasteiger partial charge in [-0.05, 0) is 25.1 Å². The van der Waals surface area contributed by atoms with Crippen molar-refractivity contribution in [3.8, 4) is 0 Å². The third-order valence-corrected chi connectivity index (χ3v) is 4.47. The van der Waals surface area contributed by atoms with Crippen LogP contribution in [0, 0.1) is 10.1 Å². The van der Waals surface area contributed by atoms with Crippen LogP contribution in [0.2, 0.25) is 4.34 Å². The van der Waals surface area contributed by atoms with E-state index in [9.17, 15) is 19.7 Å². The molecule has 0 saturated carbocycles. The summed E-state index contributed by atoms with van der Waals surface area (Å²) >= 11 is 7.21. The van der Waals surface area contributed by atoms with Gasteiger partial charge in [-0.3, -0.25) is 14.9 Å². The molecule has 0 aliphatic carbocycles. The molecule has 0 spiro atoms. The van der Waals surface area contributed by atoms with Gasteiger partial charge in [-0.15, -0.1) is 11.3 Å². The lowest BCUT2D eigenvalue weighted by Crippen LogP contribution is -2.26. The largest absolute Gasteiger partial charge is 0.462 e. The van der Waals surface area contributed by atoms with Crippen LogP contribution >= 0.6 is 22.9 Å². The zero-order valence-corrected chi connectivity index (χ0v) is 15.1. The Hall–Kier alpha value is -2.45. The molecule has 0 fully saturated rings. The van der Waals surface area contributed by atoms with Crippen molar-refractivity contribution in [1.29, 1.82) is 0 Å². The van der Waals surface area contributed by atoms with Crippen molar-refractivity contribution in [2.24, 2.45) is 0 Å². The van der Waals surface area contributed by atoms with E-state index < -0.39 is 16.8 Å². The first-order chi connectivity index (χ1) is 11.8. The van der Waals surface area contributed by atoms with E-state index in [-0.39, 0.29) is 23.4 Å². The summed E-state index contributed by atoms with van der Waals surface area (Å²) in [7, 11) is 1.57. The highest BCUT2D eigenvalue weighted by molar-refractivity contribution is 7.16. The number of non-ortho nitro benzene ring substituents is 1. The van der Waals surface area contributed by atoms with Crippen molar-refractivity contribution in [3.63, 3.8) is 0 Å². The molecule has 0 N–H and O–H groups in total. The Labute approximate surface area is 152 Å². The molecule has 0 bridgehead atoms. The second-order valence-corrected chi connectivity index (χ2v) is 6.91. The topological polar surface area (TPSA) is 89.8 Å². The molecule has 0 atom stereocenters. The zero-order chi connectivity index (χ0) is 18.6. The van der Waals surface area contributed by atoms with Crippen molar-refractivity contribution in [2.75, 3.05) is 13.7 Å². The van der Waals surface area contributed by atoms with E-state index in [0.29, 0.717) is 10.9 Å². The van der Waals surface area contributed by atoms with E-state index in [1.807, 2.05) is 0 Å². The van der Waals surface area contributed by atoms with Crippen LogP contribution in [0.5, 0.6) is 0 Å². The Morgan fingerprint density at radius 3 is 2.52 bits per heavy atom. The first-order valence-corrected chi connectivity index (χ1v) is 8.47. The Kier molecular flexibility index (Phi) is 6.11. The molecule has 2 rings (SSSR count). The summed E-state index contributed by atoms with van der Waals surface area (Å²) in [6.45, 7) is 2.05. The van der Waals surface area contributed by atoms with E-state index in [1.165, 1.54) is 22.3 Å². The van der Waals surface area contributed by atoms with E-state index in [1.54, 1.807) is 26.1 Å². The van der Waals surface area contributed by atoms with Gasteiger partial charge in [0.2, 0.25) is 0 Å².